The third-order valence-corrected chi connectivity index (χ3v) is 3.52. The molecule has 2 rings (SSSR count). The Morgan fingerprint density at radius 2 is 2.39 bits per heavy atom. The number of hydrogen-bond acceptors (Lipinski definition) is 3. The summed E-state index contributed by atoms with van der Waals surface area (Å²) in [5, 5.41) is 3.19. The summed E-state index contributed by atoms with van der Waals surface area (Å²) in [7, 11) is 1.96. The van der Waals surface area contributed by atoms with E-state index >= 15 is 0 Å². The van der Waals surface area contributed by atoms with Crippen LogP contribution in [0, 0.1) is 5.92 Å². The van der Waals surface area contributed by atoms with Gasteiger partial charge in [0.1, 0.15) is 5.76 Å². The average molecular weight is 250 g/mol. The molecule has 0 spiro atoms. The third kappa shape index (κ3) is 2.93. The van der Waals surface area contributed by atoms with Crippen LogP contribution in [0.25, 0.3) is 0 Å². The molecule has 0 radical (unpaired) electrons. The van der Waals surface area contributed by atoms with Crippen LogP contribution in [-0.4, -0.2) is 37.5 Å². The second-order valence-electron chi connectivity index (χ2n) is 4.94. The average Bonchev–Trinajstić information content (AvgIpc) is 2.87. The van der Waals surface area contributed by atoms with Gasteiger partial charge in [0.25, 0.3) is 5.91 Å². The maximum Gasteiger partial charge on any atom is 0.289 e. The lowest BCUT2D eigenvalue weighted by atomic mass is 9.98. The van der Waals surface area contributed by atoms with Crippen molar-refractivity contribution in [1.29, 1.82) is 0 Å². The zero-order valence-corrected chi connectivity index (χ0v) is 11.2. The molecular weight excluding hydrogens is 228 g/mol. The summed E-state index contributed by atoms with van der Waals surface area (Å²) in [6, 6.07) is 3.69. The van der Waals surface area contributed by atoms with Crippen molar-refractivity contribution in [2.75, 3.05) is 26.7 Å². The lowest BCUT2D eigenvalue weighted by molar-refractivity contribution is 0.0640. The standard InChI is InChI=1S/C14H22N2O2/c1-3-12-6-7-13(18-12)14(17)16-8-4-5-11(10-16)9-15-2/h6-7,11,15H,3-5,8-10H2,1-2H3. The molecule has 1 atom stereocenters. The molecule has 4 nitrogen and oxygen atoms in total. The molecule has 1 saturated heterocycles. The van der Waals surface area contributed by atoms with Crippen molar-refractivity contribution >= 4 is 5.91 Å². The summed E-state index contributed by atoms with van der Waals surface area (Å²) in [6.45, 7) is 4.68. The third-order valence-electron chi connectivity index (χ3n) is 3.52. The number of likely N-dealkylation sites (tertiary alicyclic amines) is 1. The molecule has 1 amide bonds. The first-order chi connectivity index (χ1) is 8.74. The van der Waals surface area contributed by atoms with E-state index in [2.05, 4.69) is 5.32 Å². The van der Waals surface area contributed by atoms with Crippen molar-refractivity contribution < 1.29 is 9.21 Å². The molecule has 1 N–H and O–H groups in total. The SMILES string of the molecule is CCc1ccc(C(=O)N2CCCC(CNC)C2)o1. The van der Waals surface area contributed by atoms with Crippen LogP contribution >= 0.6 is 0 Å². The highest BCUT2D eigenvalue weighted by Gasteiger charge is 2.25. The molecule has 18 heavy (non-hydrogen) atoms. The fourth-order valence-electron chi connectivity index (χ4n) is 2.54. The Morgan fingerprint density at radius 1 is 1.56 bits per heavy atom. The van der Waals surface area contributed by atoms with E-state index in [1.807, 2.05) is 24.9 Å². The van der Waals surface area contributed by atoms with E-state index in [-0.39, 0.29) is 5.91 Å². The molecule has 0 saturated carbocycles. The first-order valence-corrected chi connectivity index (χ1v) is 6.77. The molecule has 0 aromatic carbocycles. The zero-order chi connectivity index (χ0) is 13.0. The quantitative estimate of drug-likeness (QED) is 0.888. The summed E-state index contributed by atoms with van der Waals surface area (Å²) < 4.78 is 5.54. The molecule has 1 aliphatic heterocycles. The molecule has 4 heteroatoms. The number of furan rings is 1. The van der Waals surface area contributed by atoms with Crippen molar-refractivity contribution in [3.63, 3.8) is 0 Å². The summed E-state index contributed by atoms with van der Waals surface area (Å²) >= 11 is 0. The number of carbonyl (C=O) groups is 1. The van der Waals surface area contributed by atoms with Crippen LogP contribution in [0.2, 0.25) is 0 Å². The Kier molecular flexibility index (Phi) is 4.42. The van der Waals surface area contributed by atoms with Crippen LogP contribution in [0.1, 0.15) is 36.1 Å². The molecule has 1 aromatic heterocycles. The largest absolute Gasteiger partial charge is 0.456 e. The predicted octanol–water partition coefficient (Wildman–Crippen LogP) is 1.91. The molecule has 1 fully saturated rings. The fourth-order valence-corrected chi connectivity index (χ4v) is 2.54. The van der Waals surface area contributed by atoms with Gasteiger partial charge in [-0.2, -0.15) is 0 Å². The minimum absolute atomic E-state index is 0.0375. The van der Waals surface area contributed by atoms with Crippen molar-refractivity contribution in [1.82, 2.24) is 10.2 Å². The number of hydrogen-bond donors (Lipinski definition) is 1. The molecule has 1 aromatic rings. The van der Waals surface area contributed by atoms with Crippen LogP contribution < -0.4 is 5.32 Å². The molecule has 100 valence electrons. The Labute approximate surface area is 108 Å². The Bertz CT molecular complexity index is 398. The first-order valence-electron chi connectivity index (χ1n) is 6.77. The monoisotopic (exact) mass is 250 g/mol. The van der Waals surface area contributed by atoms with Crippen LogP contribution in [0.4, 0.5) is 0 Å². The summed E-state index contributed by atoms with van der Waals surface area (Å²) in [4.78, 5) is 14.2. The van der Waals surface area contributed by atoms with Gasteiger partial charge in [0.15, 0.2) is 5.76 Å². The summed E-state index contributed by atoms with van der Waals surface area (Å²) in [5.41, 5.74) is 0. The van der Waals surface area contributed by atoms with Crippen LogP contribution in [0.5, 0.6) is 0 Å². The van der Waals surface area contributed by atoms with E-state index in [1.165, 1.54) is 6.42 Å². The number of aryl methyl sites for hydroxylation is 1. The van der Waals surface area contributed by atoms with Gasteiger partial charge in [-0.3, -0.25) is 4.79 Å². The second kappa shape index (κ2) is 6.05. The first kappa shape index (κ1) is 13.1. The van der Waals surface area contributed by atoms with Crippen molar-refractivity contribution in [2.45, 2.75) is 26.2 Å². The van der Waals surface area contributed by atoms with Gasteiger partial charge in [0.05, 0.1) is 0 Å². The topological polar surface area (TPSA) is 45.5 Å². The fraction of sp³-hybridized carbons (Fsp3) is 0.643. The van der Waals surface area contributed by atoms with Gasteiger partial charge in [0.2, 0.25) is 0 Å². The molecule has 1 unspecified atom stereocenters. The number of nitrogens with zero attached hydrogens (tertiary/aromatic N) is 1. The Morgan fingerprint density at radius 3 is 3.06 bits per heavy atom. The lowest BCUT2D eigenvalue weighted by Crippen LogP contribution is -2.42. The number of amides is 1. The molecule has 0 aliphatic carbocycles. The summed E-state index contributed by atoms with van der Waals surface area (Å²) in [6.07, 6.45) is 3.11. The van der Waals surface area contributed by atoms with Crippen LogP contribution in [0.3, 0.4) is 0 Å². The van der Waals surface area contributed by atoms with E-state index in [9.17, 15) is 4.79 Å². The number of piperidine rings is 1. The van der Waals surface area contributed by atoms with E-state index in [0.29, 0.717) is 11.7 Å². The highest BCUT2D eigenvalue weighted by atomic mass is 16.4. The highest BCUT2D eigenvalue weighted by Crippen LogP contribution is 2.19. The van der Waals surface area contributed by atoms with Crippen molar-refractivity contribution in [3.8, 4) is 0 Å². The van der Waals surface area contributed by atoms with Gasteiger partial charge in [-0.1, -0.05) is 6.92 Å². The maximum atomic E-state index is 12.3. The molecule has 0 bridgehead atoms. The van der Waals surface area contributed by atoms with Gasteiger partial charge in [-0.25, -0.2) is 0 Å². The van der Waals surface area contributed by atoms with E-state index in [0.717, 1.165) is 38.2 Å². The van der Waals surface area contributed by atoms with Gasteiger partial charge < -0.3 is 14.6 Å². The Hall–Kier alpha value is -1.29. The van der Waals surface area contributed by atoms with Crippen LogP contribution in [-0.2, 0) is 6.42 Å². The molecular formula is C14H22N2O2. The minimum atomic E-state index is 0.0375. The van der Waals surface area contributed by atoms with Gasteiger partial charge in [0, 0.05) is 19.5 Å². The number of rotatable bonds is 4. The minimum Gasteiger partial charge on any atom is -0.456 e. The highest BCUT2D eigenvalue weighted by molar-refractivity contribution is 5.91. The van der Waals surface area contributed by atoms with E-state index in [1.54, 1.807) is 6.07 Å². The zero-order valence-electron chi connectivity index (χ0n) is 11.2. The normalized spacial score (nSPS) is 20.1. The Balaban J connectivity index is 1.99. The molecule has 1 aliphatic rings. The predicted molar refractivity (Wildman–Crippen MR) is 70.6 cm³/mol. The van der Waals surface area contributed by atoms with Gasteiger partial charge in [-0.05, 0) is 44.5 Å². The number of nitrogens with one attached hydrogen (secondary N) is 1. The van der Waals surface area contributed by atoms with Crippen molar-refractivity contribution in [2.24, 2.45) is 5.92 Å². The maximum absolute atomic E-state index is 12.3. The number of carbonyl (C=O) groups excluding carboxylic acids is 1. The van der Waals surface area contributed by atoms with Gasteiger partial charge >= 0.3 is 0 Å². The van der Waals surface area contributed by atoms with Crippen LogP contribution in [0.15, 0.2) is 16.5 Å². The lowest BCUT2D eigenvalue weighted by Gasteiger charge is -2.32. The second-order valence-corrected chi connectivity index (χ2v) is 4.94. The van der Waals surface area contributed by atoms with E-state index < -0.39 is 0 Å². The summed E-state index contributed by atoms with van der Waals surface area (Å²) in [5.74, 6) is 1.96. The van der Waals surface area contributed by atoms with Crippen molar-refractivity contribution in [3.05, 3.63) is 23.7 Å². The smallest absolute Gasteiger partial charge is 0.289 e. The molecule has 2 heterocycles. The van der Waals surface area contributed by atoms with Gasteiger partial charge in [-0.15, -0.1) is 0 Å². The van der Waals surface area contributed by atoms with E-state index in [4.69, 9.17) is 4.42 Å².